The van der Waals surface area contributed by atoms with Crippen molar-refractivity contribution in [2.24, 2.45) is 0 Å². The molecule has 130 valence electrons. The lowest BCUT2D eigenvalue weighted by Crippen LogP contribution is -2.35. The second kappa shape index (κ2) is 7.71. The van der Waals surface area contributed by atoms with Crippen LogP contribution in [0, 0.1) is 0 Å². The van der Waals surface area contributed by atoms with Crippen LogP contribution >= 0.6 is 23.4 Å². The Labute approximate surface area is 154 Å². The summed E-state index contributed by atoms with van der Waals surface area (Å²) < 4.78 is 1.87. The summed E-state index contributed by atoms with van der Waals surface area (Å²) in [5.41, 5.74) is 0.871. The van der Waals surface area contributed by atoms with Crippen molar-refractivity contribution in [3.05, 3.63) is 41.9 Å². The fourth-order valence-corrected chi connectivity index (χ4v) is 3.37. The number of hydrogen-bond acceptors (Lipinski definition) is 5. The molecule has 0 aliphatic carbocycles. The minimum atomic E-state index is -0.347. The highest BCUT2D eigenvalue weighted by Gasteiger charge is 2.26. The van der Waals surface area contributed by atoms with Crippen molar-refractivity contribution in [2.45, 2.75) is 11.7 Å². The summed E-state index contributed by atoms with van der Waals surface area (Å²) in [4.78, 5) is 24.9. The Hall–Kier alpha value is -2.32. The number of nitrogens with zero attached hydrogens (tertiary/aromatic N) is 4. The minimum absolute atomic E-state index is 0.114. The fraction of sp³-hybridized carbons (Fsp3) is 0.250. The molecule has 1 fully saturated rings. The highest BCUT2D eigenvalue weighted by molar-refractivity contribution is 7.99. The van der Waals surface area contributed by atoms with Crippen molar-refractivity contribution < 1.29 is 9.59 Å². The van der Waals surface area contributed by atoms with Gasteiger partial charge in [0.15, 0.2) is 11.0 Å². The summed E-state index contributed by atoms with van der Waals surface area (Å²) in [6.45, 7) is 5.15. The number of carbonyl (C=O) groups excluding carboxylic acids is 2. The lowest BCUT2D eigenvalue weighted by atomic mass is 10.2. The number of thioether (sulfide) groups is 1. The van der Waals surface area contributed by atoms with Crippen molar-refractivity contribution >= 4 is 35.3 Å². The van der Waals surface area contributed by atoms with Gasteiger partial charge in [-0.1, -0.05) is 29.4 Å². The molecule has 0 unspecified atom stereocenters. The number of hydrogen-bond donors (Lipinski definition) is 1. The molecule has 0 spiro atoms. The molecule has 2 heterocycles. The average molecular weight is 378 g/mol. The molecule has 0 bridgehead atoms. The molecule has 2 aromatic rings. The zero-order valence-electron chi connectivity index (χ0n) is 13.3. The first-order chi connectivity index (χ1) is 12.1. The summed E-state index contributed by atoms with van der Waals surface area (Å²) in [5.74, 6) is 0.537. The third-order valence-corrected chi connectivity index (χ3v) is 4.82. The second-order valence-corrected chi connectivity index (χ2v) is 6.66. The van der Waals surface area contributed by atoms with Crippen LogP contribution in [0.5, 0.6) is 0 Å². The Balaban J connectivity index is 1.77. The average Bonchev–Trinajstić information content (AvgIpc) is 3.20. The monoisotopic (exact) mass is 377 g/mol. The molecule has 0 saturated carbocycles. The molecule has 1 N–H and O–H groups in total. The molecule has 1 aliphatic rings. The number of benzene rings is 1. The Morgan fingerprint density at radius 3 is 2.76 bits per heavy atom. The number of carbonyl (C=O) groups is 2. The predicted octanol–water partition coefficient (Wildman–Crippen LogP) is 2.43. The molecule has 0 radical (unpaired) electrons. The lowest BCUT2D eigenvalue weighted by Gasteiger charge is -2.12. The molecule has 9 heteroatoms. The van der Waals surface area contributed by atoms with Crippen LogP contribution < -0.4 is 5.32 Å². The number of halogens is 1. The van der Waals surface area contributed by atoms with Gasteiger partial charge < -0.3 is 5.32 Å². The van der Waals surface area contributed by atoms with Gasteiger partial charge >= 0.3 is 6.03 Å². The quantitative estimate of drug-likeness (QED) is 0.617. The minimum Gasteiger partial charge on any atom is -0.336 e. The van der Waals surface area contributed by atoms with Crippen molar-refractivity contribution in [1.29, 1.82) is 0 Å². The third kappa shape index (κ3) is 3.85. The van der Waals surface area contributed by atoms with E-state index in [0.29, 0.717) is 35.6 Å². The van der Waals surface area contributed by atoms with Crippen molar-refractivity contribution in [3.8, 4) is 11.4 Å². The van der Waals surface area contributed by atoms with Crippen LogP contribution in [0.1, 0.15) is 0 Å². The van der Waals surface area contributed by atoms with Crippen LogP contribution in [-0.2, 0) is 11.3 Å². The molecule has 1 aromatic carbocycles. The van der Waals surface area contributed by atoms with Crippen molar-refractivity contribution in [2.75, 3.05) is 18.8 Å². The molecule has 1 saturated heterocycles. The zero-order valence-corrected chi connectivity index (χ0v) is 14.9. The normalized spacial score (nSPS) is 13.8. The molecular weight excluding hydrogens is 362 g/mol. The molecule has 0 atom stereocenters. The Kier molecular flexibility index (Phi) is 5.40. The van der Waals surface area contributed by atoms with Gasteiger partial charge in [-0.3, -0.25) is 14.3 Å². The summed E-state index contributed by atoms with van der Waals surface area (Å²) in [6.07, 6.45) is 1.74. The first-order valence-electron chi connectivity index (χ1n) is 7.61. The Morgan fingerprint density at radius 1 is 1.36 bits per heavy atom. The van der Waals surface area contributed by atoms with Gasteiger partial charge in [-0.05, 0) is 24.3 Å². The van der Waals surface area contributed by atoms with Gasteiger partial charge in [-0.25, -0.2) is 4.79 Å². The largest absolute Gasteiger partial charge is 0.336 e. The zero-order chi connectivity index (χ0) is 17.8. The molecule has 1 aliphatic heterocycles. The van der Waals surface area contributed by atoms with E-state index in [1.54, 1.807) is 18.2 Å². The topological polar surface area (TPSA) is 80.1 Å². The molecule has 3 amide bonds. The number of urea groups is 1. The van der Waals surface area contributed by atoms with E-state index < -0.39 is 0 Å². The van der Waals surface area contributed by atoms with Gasteiger partial charge in [0.2, 0.25) is 5.91 Å². The van der Waals surface area contributed by atoms with Crippen LogP contribution in [0.2, 0.25) is 5.02 Å². The van der Waals surface area contributed by atoms with Crippen molar-refractivity contribution in [3.63, 3.8) is 0 Å². The first kappa shape index (κ1) is 17.5. The molecule has 25 heavy (non-hydrogen) atoms. The summed E-state index contributed by atoms with van der Waals surface area (Å²) >= 11 is 7.17. The number of allylic oxidation sites excluding steroid dienone is 1. The Bertz CT molecular complexity index is 805. The van der Waals surface area contributed by atoms with Gasteiger partial charge in [0.25, 0.3) is 0 Å². The summed E-state index contributed by atoms with van der Waals surface area (Å²) in [6, 6.07) is 6.94. The first-order valence-corrected chi connectivity index (χ1v) is 8.97. The van der Waals surface area contributed by atoms with Gasteiger partial charge in [0.05, 0.1) is 5.75 Å². The van der Waals surface area contributed by atoms with E-state index in [-0.39, 0.29) is 17.7 Å². The fourth-order valence-electron chi connectivity index (χ4n) is 2.42. The van der Waals surface area contributed by atoms with Gasteiger partial charge in [-0.2, -0.15) is 0 Å². The highest BCUT2D eigenvalue weighted by atomic mass is 35.5. The maximum Gasteiger partial charge on any atom is 0.324 e. The lowest BCUT2D eigenvalue weighted by molar-refractivity contribution is -0.124. The van der Waals surface area contributed by atoms with Crippen LogP contribution in [0.3, 0.4) is 0 Å². The van der Waals surface area contributed by atoms with Gasteiger partial charge in [-0.15, -0.1) is 16.8 Å². The van der Waals surface area contributed by atoms with E-state index in [4.69, 9.17) is 11.6 Å². The smallest absolute Gasteiger partial charge is 0.324 e. The van der Waals surface area contributed by atoms with Crippen LogP contribution in [0.25, 0.3) is 11.4 Å². The van der Waals surface area contributed by atoms with Gasteiger partial charge in [0, 0.05) is 30.2 Å². The van der Waals surface area contributed by atoms with E-state index in [0.717, 1.165) is 5.56 Å². The molecule has 1 aromatic heterocycles. The van der Waals surface area contributed by atoms with Gasteiger partial charge in [0.1, 0.15) is 0 Å². The maximum atomic E-state index is 12.2. The van der Waals surface area contributed by atoms with Crippen LogP contribution in [-0.4, -0.2) is 50.4 Å². The predicted molar refractivity (Wildman–Crippen MR) is 96.5 cm³/mol. The summed E-state index contributed by atoms with van der Waals surface area (Å²) in [7, 11) is 0. The number of nitrogens with one attached hydrogen (secondary N) is 1. The van der Waals surface area contributed by atoms with Crippen molar-refractivity contribution in [1.82, 2.24) is 25.0 Å². The van der Waals surface area contributed by atoms with E-state index in [9.17, 15) is 9.59 Å². The Morgan fingerprint density at radius 2 is 2.12 bits per heavy atom. The number of imide groups is 1. The molecule has 3 rings (SSSR count). The maximum absolute atomic E-state index is 12.2. The molecular formula is C16H16ClN5O2S. The second-order valence-electron chi connectivity index (χ2n) is 5.28. The van der Waals surface area contributed by atoms with E-state index in [1.807, 2.05) is 16.7 Å². The van der Waals surface area contributed by atoms with E-state index >= 15 is 0 Å². The number of rotatable bonds is 6. The van der Waals surface area contributed by atoms with Crippen LogP contribution in [0.4, 0.5) is 4.79 Å². The van der Waals surface area contributed by atoms with E-state index in [2.05, 4.69) is 22.1 Å². The van der Waals surface area contributed by atoms with E-state index in [1.165, 1.54) is 16.7 Å². The third-order valence-electron chi connectivity index (χ3n) is 3.61. The number of amides is 3. The SMILES string of the molecule is C=CCn1c(SCC(=O)N2CCNC2=O)nnc1-c1ccc(Cl)cc1. The summed E-state index contributed by atoms with van der Waals surface area (Å²) in [5, 5.41) is 12.2. The number of aromatic nitrogens is 3. The van der Waals surface area contributed by atoms with Crippen LogP contribution in [0.15, 0.2) is 42.1 Å². The standard InChI is InChI=1S/C16H16ClN5O2S/c1-2-8-22-14(11-3-5-12(17)6-4-11)19-20-16(22)25-10-13(23)21-9-7-18-15(21)24/h2-6H,1,7-10H2,(H,18,24). The highest BCUT2D eigenvalue weighted by Crippen LogP contribution is 2.25. The molecule has 7 nitrogen and oxygen atoms in total.